The maximum atomic E-state index is 13.1. The Labute approximate surface area is 223 Å². The summed E-state index contributed by atoms with van der Waals surface area (Å²) in [5.41, 5.74) is -0.743. The number of hydrogen-bond donors (Lipinski definition) is 1. The Balaban J connectivity index is 1.23. The van der Waals surface area contributed by atoms with Crippen LogP contribution in [0.1, 0.15) is 48.4 Å². The van der Waals surface area contributed by atoms with Gasteiger partial charge in [-0.1, -0.05) is 30.3 Å². The fourth-order valence-electron chi connectivity index (χ4n) is 4.83. The first-order chi connectivity index (χ1) is 17.9. The highest BCUT2D eigenvalue weighted by Crippen LogP contribution is 2.51. The maximum Gasteiger partial charge on any atom is 0.332 e. The third-order valence-electron chi connectivity index (χ3n) is 6.83. The third kappa shape index (κ3) is 4.20. The van der Waals surface area contributed by atoms with Gasteiger partial charge in [0, 0.05) is 4.75 Å². The van der Waals surface area contributed by atoms with Crippen molar-refractivity contribution >= 4 is 41.4 Å². The van der Waals surface area contributed by atoms with Crippen LogP contribution in [0.2, 0.25) is 0 Å². The smallest absolute Gasteiger partial charge is 0.332 e. The summed E-state index contributed by atoms with van der Waals surface area (Å²) in [6.07, 6.45) is 0. The Kier molecular flexibility index (Phi) is 6.21. The number of carbonyl (C=O) groups excluding carboxylic acids is 5. The number of fused-ring (bicyclic) bond motifs is 2. The minimum Gasteiger partial charge on any atom is -0.478 e. The number of ether oxygens (including phenoxy) is 2. The van der Waals surface area contributed by atoms with E-state index in [0.29, 0.717) is 5.75 Å². The minimum atomic E-state index is -1.24. The standard InChI is InChI=1S/C27H27N3O7S/c1-26(2,37-15-10-6-5-7-11-15)25(35)28-18-22(33)30-19(27(3,4)38-23(18)30)24(34)36-14-29-20(31)16-12-8-9-13-17(16)21(29)32/h5-13,18-19,23H,14H2,1-4H3,(H,28,35)/t18?,19?,23-/m0/s1. The third-order valence-corrected chi connectivity index (χ3v) is 8.40. The van der Waals surface area contributed by atoms with E-state index < -0.39 is 64.1 Å². The van der Waals surface area contributed by atoms with E-state index in [2.05, 4.69) is 5.32 Å². The van der Waals surface area contributed by atoms with Crippen molar-refractivity contribution in [2.24, 2.45) is 0 Å². The van der Waals surface area contributed by atoms with Gasteiger partial charge in [-0.05, 0) is 52.0 Å². The number of nitrogens with one attached hydrogen (secondary N) is 1. The summed E-state index contributed by atoms with van der Waals surface area (Å²) in [6, 6.07) is 13.5. The minimum absolute atomic E-state index is 0.251. The summed E-state index contributed by atoms with van der Waals surface area (Å²) in [4.78, 5) is 66.7. The van der Waals surface area contributed by atoms with Crippen LogP contribution in [0, 0.1) is 0 Å². The molecule has 1 N–H and O–H groups in total. The maximum absolute atomic E-state index is 13.1. The Morgan fingerprint density at radius 2 is 1.55 bits per heavy atom. The average molecular weight is 538 g/mol. The molecule has 4 amide bonds. The van der Waals surface area contributed by atoms with Gasteiger partial charge in [0.2, 0.25) is 5.91 Å². The molecule has 3 aliphatic rings. The van der Waals surface area contributed by atoms with Gasteiger partial charge >= 0.3 is 5.97 Å². The van der Waals surface area contributed by atoms with E-state index in [1.807, 2.05) is 6.07 Å². The van der Waals surface area contributed by atoms with Gasteiger partial charge in [-0.25, -0.2) is 9.69 Å². The molecule has 3 heterocycles. The number of para-hydroxylation sites is 1. The number of thioether (sulfide) groups is 1. The number of imide groups is 1. The molecular formula is C27H27N3O7S. The number of β-lactam (4-membered cyclic amide) rings is 1. The normalized spacial score (nSPS) is 23.5. The molecule has 2 aromatic carbocycles. The van der Waals surface area contributed by atoms with Crippen molar-refractivity contribution in [1.82, 2.24) is 15.1 Å². The van der Waals surface area contributed by atoms with Gasteiger partial charge in [0.05, 0.1) is 11.1 Å². The Morgan fingerprint density at radius 3 is 2.16 bits per heavy atom. The summed E-state index contributed by atoms with van der Waals surface area (Å²) in [5.74, 6) is -2.17. The lowest BCUT2D eigenvalue weighted by molar-refractivity contribution is -0.166. The molecule has 2 unspecified atom stereocenters. The molecule has 2 aromatic rings. The summed E-state index contributed by atoms with van der Waals surface area (Å²) >= 11 is 1.37. The zero-order chi connectivity index (χ0) is 27.4. The summed E-state index contributed by atoms with van der Waals surface area (Å²) in [6.45, 7) is 6.28. The molecule has 0 bridgehead atoms. The van der Waals surface area contributed by atoms with Crippen LogP contribution in [-0.2, 0) is 19.1 Å². The summed E-state index contributed by atoms with van der Waals surface area (Å²) in [7, 11) is 0. The number of hydrogen-bond acceptors (Lipinski definition) is 8. The SMILES string of the molecule is CC(C)(Oc1ccccc1)C(=O)NC1C(=O)N2C(C(=O)OCN3C(=O)c4ccccc4C3=O)C(C)(C)S[C@@H]12. The van der Waals surface area contributed by atoms with Crippen LogP contribution in [0.15, 0.2) is 54.6 Å². The van der Waals surface area contributed by atoms with Gasteiger partial charge < -0.3 is 19.7 Å². The first-order valence-electron chi connectivity index (χ1n) is 12.1. The zero-order valence-corrected chi connectivity index (χ0v) is 22.1. The number of amides is 4. The highest BCUT2D eigenvalue weighted by Gasteiger charge is 2.65. The molecule has 0 saturated carbocycles. The van der Waals surface area contributed by atoms with Gasteiger partial charge in [0.15, 0.2) is 12.3 Å². The molecule has 0 radical (unpaired) electrons. The van der Waals surface area contributed by atoms with Gasteiger partial charge in [-0.15, -0.1) is 11.8 Å². The fourth-order valence-corrected chi connectivity index (χ4v) is 6.46. The van der Waals surface area contributed by atoms with Gasteiger partial charge in [-0.2, -0.15) is 0 Å². The van der Waals surface area contributed by atoms with Crippen LogP contribution < -0.4 is 10.1 Å². The lowest BCUT2D eigenvalue weighted by atomic mass is 9.95. The molecule has 11 heteroatoms. The predicted molar refractivity (Wildman–Crippen MR) is 137 cm³/mol. The number of carbonyl (C=O) groups is 5. The van der Waals surface area contributed by atoms with Crippen molar-refractivity contribution in [1.29, 1.82) is 0 Å². The van der Waals surface area contributed by atoms with Crippen molar-refractivity contribution < 1.29 is 33.4 Å². The van der Waals surface area contributed by atoms with E-state index in [0.717, 1.165) is 4.90 Å². The second-order valence-electron chi connectivity index (χ2n) is 10.3. The van der Waals surface area contributed by atoms with Crippen molar-refractivity contribution in [3.05, 3.63) is 65.7 Å². The Morgan fingerprint density at radius 1 is 0.974 bits per heavy atom. The fraction of sp³-hybridized carbons (Fsp3) is 0.370. The highest BCUT2D eigenvalue weighted by molar-refractivity contribution is 8.01. The van der Waals surface area contributed by atoms with Gasteiger partial charge in [0.25, 0.3) is 17.7 Å². The van der Waals surface area contributed by atoms with Crippen molar-refractivity contribution in [3.8, 4) is 5.75 Å². The highest BCUT2D eigenvalue weighted by atomic mass is 32.2. The van der Waals surface area contributed by atoms with Crippen LogP contribution in [0.25, 0.3) is 0 Å². The van der Waals surface area contributed by atoms with E-state index in [4.69, 9.17) is 9.47 Å². The largest absolute Gasteiger partial charge is 0.478 e. The Hall–Kier alpha value is -3.86. The molecule has 0 aliphatic carbocycles. The first-order valence-corrected chi connectivity index (χ1v) is 13.0. The van der Waals surface area contributed by atoms with E-state index in [9.17, 15) is 24.0 Å². The lowest BCUT2D eigenvalue weighted by Crippen LogP contribution is -2.72. The molecular weight excluding hydrogens is 510 g/mol. The number of benzene rings is 2. The molecule has 0 aromatic heterocycles. The van der Waals surface area contributed by atoms with E-state index in [-0.39, 0.29) is 11.1 Å². The van der Waals surface area contributed by atoms with E-state index >= 15 is 0 Å². The second-order valence-corrected chi connectivity index (χ2v) is 12.1. The number of nitrogens with zero attached hydrogens (tertiary/aromatic N) is 2. The average Bonchev–Trinajstić information content (AvgIpc) is 3.28. The van der Waals surface area contributed by atoms with Crippen molar-refractivity contribution in [3.63, 3.8) is 0 Å². The lowest BCUT2D eigenvalue weighted by Gasteiger charge is -2.44. The van der Waals surface area contributed by atoms with Gasteiger partial charge in [0.1, 0.15) is 23.2 Å². The quantitative estimate of drug-likeness (QED) is 0.324. The number of esters is 1. The second kappa shape index (κ2) is 9.16. The van der Waals surface area contributed by atoms with Crippen LogP contribution in [0.5, 0.6) is 5.75 Å². The molecule has 3 aliphatic heterocycles. The molecule has 3 atom stereocenters. The zero-order valence-electron chi connectivity index (χ0n) is 21.3. The molecule has 38 heavy (non-hydrogen) atoms. The van der Waals surface area contributed by atoms with Crippen LogP contribution in [0.4, 0.5) is 0 Å². The molecule has 10 nitrogen and oxygen atoms in total. The Bertz CT molecular complexity index is 1310. The topological polar surface area (TPSA) is 122 Å². The first kappa shape index (κ1) is 25.8. The summed E-state index contributed by atoms with van der Waals surface area (Å²) < 4.78 is 10.5. The summed E-state index contributed by atoms with van der Waals surface area (Å²) in [5, 5.41) is 2.29. The van der Waals surface area contributed by atoms with Gasteiger partial charge in [-0.3, -0.25) is 19.2 Å². The molecule has 5 rings (SSSR count). The van der Waals surface area contributed by atoms with E-state index in [1.54, 1.807) is 64.1 Å². The van der Waals surface area contributed by atoms with Crippen LogP contribution in [0.3, 0.4) is 0 Å². The molecule has 198 valence electrons. The molecule has 2 saturated heterocycles. The van der Waals surface area contributed by atoms with Crippen molar-refractivity contribution in [2.45, 2.75) is 55.5 Å². The molecule has 2 fully saturated rings. The molecule has 0 spiro atoms. The van der Waals surface area contributed by atoms with Crippen molar-refractivity contribution in [2.75, 3.05) is 6.73 Å². The van der Waals surface area contributed by atoms with E-state index in [1.165, 1.54) is 28.8 Å². The van der Waals surface area contributed by atoms with Crippen LogP contribution in [-0.4, -0.2) is 73.9 Å². The monoisotopic (exact) mass is 537 g/mol. The number of rotatable bonds is 7. The van der Waals surface area contributed by atoms with Crippen LogP contribution >= 0.6 is 11.8 Å². The predicted octanol–water partition coefficient (Wildman–Crippen LogP) is 2.19.